The third-order valence-corrected chi connectivity index (χ3v) is 8.11. The van der Waals surface area contributed by atoms with Crippen molar-refractivity contribution in [3.05, 3.63) is 145 Å². The van der Waals surface area contributed by atoms with Crippen molar-refractivity contribution < 1.29 is 0 Å². The molecule has 0 saturated carbocycles. The van der Waals surface area contributed by atoms with Gasteiger partial charge in [-0.15, -0.1) is 0 Å². The van der Waals surface area contributed by atoms with E-state index in [-0.39, 0.29) is 0 Å². The maximum Gasteiger partial charge on any atom is 0.0991 e. The predicted octanol–water partition coefficient (Wildman–Crippen LogP) is 9.96. The maximum absolute atomic E-state index is 9.20. The van der Waals surface area contributed by atoms with Gasteiger partial charge in [0.25, 0.3) is 0 Å². The summed E-state index contributed by atoms with van der Waals surface area (Å²) < 4.78 is 0. The molecule has 3 heteroatoms. The Morgan fingerprint density at radius 2 is 1.17 bits per heavy atom. The van der Waals surface area contributed by atoms with E-state index in [4.69, 9.17) is 4.98 Å². The Balaban J connectivity index is 1.29. The molecule has 0 fully saturated rings. The van der Waals surface area contributed by atoms with Gasteiger partial charge in [0.2, 0.25) is 0 Å². The van der Waals surface area contributed by atoms with Gasteiger partial charge in [0.1, 0.15) is 0 Å². The molecule has 8 rings (SSSR count). The number of rotatable bonds is 3. The number of hydrogen-bond donors (Lipinski definition) is 0. The van der Waals surface area contributed by atoms with E-state index in [1.165, 1.54) is 21.5 Å². The quantitative estimate of drug-likeness (QED) is 0.212. The molecular weight excluding hydrogens is 510 g/mol. The fraction of sp³-hybridized carbons (Fsp3) is 0. The van der Waals surface area contributed by atoms with Gasteiger partial charge in [0, 0.05) is 22.5 Å². The van der Waals surface area contributed by atoms with Gasteiger partial charge in [0.15, 0.2) is 0 Å². The van der Waals surface area contributed by atoms with Crippen molar-refractivity contribution >= 4 is 43.4 Å². The highest BCUT2D eigenvalue weighted by Gasteiger charge is 2.13. The predicted molar refractivity (Wildman–Crippen MR) is 173 cm³/mol. The van der Waals surface area contributed by atoms with E-state index in [0.717, 1.165) is 55.3 Å². The fourth-order valence-electron chi connectivity index (χ4n) is 6.00. The summed E-state index contributed by atoms with van der Waals surface area (Å²) in [5.41, 5.74) is 9.09. The zero-order chi connectivity index (χ0) is 28.0. The first-order valence-electron chi connectivity index (χ1n) is 14.0. The van der Waals surface area contributed by atoms with Crippen molar-refractivity contribution in [2.24, 2.45) is 0 Å². The molecule has 42 heavy (non-hydrogen) atoms. The summed E-state index contributed by atoms with van der Waals surface area (Å²) in [6.07, 6.45) is 1.83. The second-order valence-corrected chi connectivity index (χ2v) is 10.6. The Bertz CT molecular complexity index is 2360. The minimum Gasteiger partial charge on any atom is -0.254 e. The van der Waals surface area contributed by atoms with E-state index in [2.05, 4.69) is 114 Å². The number of hydrogen-bond acceptors (Lipinski definition) is 3. The van der Waals surface area contributed by atoms with Crippen LogP contribution in [0.3, 0.4) is 0 Å². The van der Waals surface area contributed by atoms with Crippen LogP contribution in [0.2, 0.25) is 0 Å². The molecule has 0 atom stereocenters. The van der Waals surface area contributed by atoms with Crippen LogP contribution in [0.4, 0.5) is 0 Å². The van der Waals surface area contributed by atoms with Crippen LogP contribution >= 0.6 is 0 Å². The minimum absolute atomic E-state index is 0.665. The second kappa shape index (κ2) is 9.66. The van der Waals surface area contributed by atoms with Crippen LogP contribution in [0.25, 0.3) is 76.9 Å². The van der Waals surface area contributed by atoms with Gasteiger partial charge in [-0.05, 0) is 86.3 Å². The summed E-state index contributed by atoms with van der Waals surface area (Å²) in [7, 11) is 0. The molecule has 0 aliphatic heterocycles. The maximum atomic E-state index is 9.20. The number of nitriles is 1. The fourth-order valence-corrected chi connectivity index (χ4v) is 6.00. The average molecular weight is 534 g/mol. The summed E-state index contributed by atoms with van der Waals surface area (Å²) in [5, 5.41) is 16.1. The Labute approximate surface area is 243 Å². The van der Waals surface area contributed by atoms with E-state index in [9.17, 15) is 5.26 Å². The van der Waals surface area contributed by atoms with Gasteiger partial charge in [-0.2, -0.15) is 5.26 Å². The number of fused-ring (bicyclic) bond motifs is 5. The molecule has 0 amide bonds. The topological polar surface area (TPSA) is 49.6 Å². The van der Waals surface area contributed by atoms with Crippen molar-refractivity contribution in [3.8, 4) is 39.6 Å². The van der Waals surface area contributed by atoms with Gasteiger partial charge in [0.05, 0.1) is 28.4 Å². The first-order valence-corrected chi connectivity index (χ1v) is 14.0. The van der Waals surface area contributed by atoms with E-state index >= 15 is 0 Å². The minimum atomic E-state index is 0.665. The van der Waals surface area contributed by atoms with Crippen molar-refractivity contribution in [2.45, 2.75) is 0 Å². The van der Waals surface area contributed by atoms with Gasteiger partial charge < -0.3 is 0 Å². The van der Waals surface area contributed by atoms with Gasteiger partial charge in [-0.1, -0.05) is 91.0 Å². The molecule has 0 saturated heterocycles. The average Bonchev–Trinajstić information content (AvgIpc) is 3.07. The normalized spacial score (nSPS) is 11.3. The van der Waals surface area contributed by atoms with Gasteiger partial charge in [-0.3, -0.25) is 4.98 Å². The highest BCUT2D eigenvalue weighted by atomic mass is 14.8. The van der Waals surface area contributed by atoms with E-state index < -0.39 is 0 Å². The lowest BCUT2D eigenvalue weighted by molar-refractivity contribution is 1.37. The SMILES string of the molecule is N#Cc1ccc(-c2cccc3cc(-c4cc(-c5ccc6ccc7cccnc7c6n5)c5ccccc5c4)ccc23)cc1. The molecule has 3 nitrogen and oxygen atoms in total. The summed E-state index contributed by atoms with van der Waals surface area (Å²) in [4.78, 5) is 9.84. The molecular formula is C39H23N3. The lowest BCUT2D eigenvalue weighted by Crippen LogP contribution is -1.91. The van der Waals surface area contributed by atoms with Crippen LogP contribution in [0.5, 0.6) is 0 Å². The second-order valence-electron chi connectivity index (χ2n) is 10.6. The van der Waals surface area contributed by atoms with Crippen molar-refractivity contribution in [1.29, 1.82) is 5.26 Å². The molecule has 8 aromatic rings. The molecule has 0 radical (unpaired) electrons. The zero-order valence-electron chi connectivity index (χ0n) is 22.6. The van der Waals surface area contributed by atoms with Crippen LogP contribution in [-0.4, -0.2) is 9.97 Å². The van der Waals surface area contributed by atoms with E-state index in [1.807, 2.05) is 36.5 Å². The standard InChI is InChI=1S/C39H23N3/c40-24-25-10-12-26(13-11-25)33-9-3-6-31-21-29(16-18-35(31)33)32-22-30-5-1-2-8-34(30)36(23-32)37-19-17-28-15-14-27-7-4-20-41-38(27)39(28)42-37/h1-23H. The monoisotopic (exact) mass is 533 g/mol. The molecule has 6 aromatic carbocycles. The van der Waals surface area contributed by atoms with Crippen molar-refractivity contribution in [1.82, 2.24) is 9.97 Å². The van der Waals surface area contributed by atoms with Crippen molar-refractivity contribution in [3.63, 3.8) is 0 Å². The first-order chi connectivity index (χ1) is 20.7. The molecule has 0 N–H and O–H groups in total. The summed E-state index contributed by atoms with van der Waals surface area (Å²) in [5.74, 6) is 0. The molecule has 194 valence electrons. The van der Waals surface area contributed by atoms with Crippen LogP contribution in [0.1, 0.15) is 5.56 Å². The Hall–Kier alpha value is -5.85. The summed E-state index contributed by atoms with van der Waals surface area (Å²) in [6, 6.07) is 48.7. The molecule has 0 bridgehead atoms. The van der Waals surface area contributed by atoms with Crippen LogP contribution in [0.15, 0.2) is 140 Å². The van der Waals surface area contributed by atoms with Crippen LogP contribution < -0.4 is 0 Å². The molecule has 2 aromatic heterocycles. The van der Waals surface area contributed by atoms with Gasteiger partial charge >= 0.3 is 0 Å². The van der Waals surface area contributed by atoms with E-state index in [1.54, 1.807) is 0 Å². The lowest BCUT2D eigenvalue weighted by atomic mass is 9.92. The van der Waals surface area contributed by atoms with Crippen molar-refractivity contribution in [2.75, 3.05) is 0 Å². The first kappa shape index (κ1) is 24.0. The summed E-state index contributed by atoms with van der Waals surface area (Å²) in [6.45, 7) is 0. The lowest BCUT2D eigenvalue weighted by Gasteiger charge is -2.13. The highest BCUT2D eigenvalue weighted by Crippen LogP contribution is 2.37. The molecule has 0 spiro atoms. The van der Waals surface area contributed by atoms with E-state index in [0.29, 0.717) is 5.56 Å². The molecule has 0 aliphatic rings. The number of benzene rings is 6. The molecule has 0 unspecified atom stereocenters. The van der Waals surface area contributed by atoms with Crippen LogP contribution in [-0.2, 0) is 0 Å². The number of pyridine rings is 2. The molecule has 2 heterocycles. The largest absolute Gasteiger partial charge is 0.254 e. The Morgan fingerprint density at radius 1 is 0.476 bits per heavy atom. The summed E-state index contributed by atoms with van der Waals surface area (Å²) >= 11 is 0. The smallest absolute Gasteiger partial charge is 0.0991 e. The third-order valence-electron chi connectivity index (χ3n) is 8.11. The number of aromatic nitrogens is 2. The third kappa shape index (κ3) is 3.98. The zero-order valence-corrected chi connectivity index (χ0v) is 22.6. The highest BCUT2D eigenvalue weighted by molar-refractivity contribution is 6.06. The molecule has 0 aliphatic carbocycles. The number of nitrogens with zero attached hydrogens (tertiary/aromatic N) is 3. The Morgan fingerprint density at radius 3 is 2.02 bits per heavy atom. The van der Waals surface area contributed by atoms with Gasteiger partial charge in [-0.25, -0.2) is 4.98 Å². The Kier molecular flexibility index (Phi) is 5.52. The van der Waals surface area contributed by atoms with Crippen LogP contribution in [0, 0.1) is 11.3 Å².